The van der Waals surface area contributed by atoms with Crippen molar-refractivity contribution < 1.29 is 19.1 Å². The molecule has 2 aromatic rings. The van der Waals surface area contributed by atoms with Crippen molar-refractivity contribution in [3.63, 3.8) is 0 Å². The van der Waals surface area contributed by atoms with E-state index in [9.17, 15) is 9.90 Å². The molecule has 0 spiro atoms. The van der Waals surface area contributed by atoms with Crippen LogP contribution >= 0.6 is 0 Å². The van der Waals surface area contributed by atoms with Gasteiger partial charge in [0.1, 0.15) is 17.1 Å². The van der Waals surface area contributed by atoms with Crippen LogP contribution in [0.5, 0.6) is 5.75 Å². The average Bonchev–Trinajstić information content (AvgIpc) is 3.30. The van der Waals surface area contributed by atoms with E-state index in [1.165, 1.54) is 6.26 Å². The molecule has 1 aliphatic rings. The van der Waals surface area contributed by atoms with Crippen LogP contribution in [0, 0.1) is 5.92 Å². The second-order valence-corrected chi connectivity index (χ2v) is 6.67. The largest absolute Gasteiger partial charge is 0.497 e. The van der Waals surface area contributed by atoms with Gasteiger partial charge in [-0.1, -0.05) is 12.1 Å². The second kappa shape index (κ2) is 7.19. The summed E-state index contributed by atoms with van der Waals surface area (Å²) in [6.07, 6.45) is 3.69. The summed E-state index contributed by atoms with van der Waals surface area (Å²) < 4.78 is 10.4. The van der Waals surface area contributed by atoms with Crippen molar-refractivity contribution >= 4 is 6.03 Å². The highest BCUT2D eigenvalue weighted by atomic mass is 16.5. The van der Waals surface area contributed by atoms with Gasteiger partial charge in [0.25, 0.3) is 0 Å². The molecule has 3 N–H and O–H groups in total. The van der Waals surface area contributed by atoms with Gasteiger partial charge in [0.15, 0.2) is 0 Å². The normalized spacial score (nSPS) is 17.4. The van der Waals surface area contributed by atoms with E-state index in [1.54, 1.807) is 26.2 Å². The van der Waals surface area contributed by atoms with Crippen LogP contribution in [0.4, 0.5) is 4.79 Å². The van der Waals surface area contributed by atoms with Gasteiger partial charge >= 0.3 is 6.03 Å². The van der Waals surface area contributed by atoms with Crippen LogP contribution in [0.1, 0.15) is 37.1 Å². The fourth-order valence-electron chi connectivity index (χ4n) is 2.83. The molecule has 1 aromatic carbocycles. The number of hydrogen-bond acceptors (Lipinski definition) is 4. The average molecular weight is 344 g/mol. The van der Waals surface area contributed by atoms with E-state index in [1.807, 2.05) is 24.3 Å². The molecule has 0 saturated heterocycles. The molecule has 1 fully saturated rings. The molecule has 0 radical (unpaired) electrons. The number of carbonyl (C=O) groups is 1. The van der Waals surface area contributed by atoms with Gasteiger partial charge in [-0.25, -0.2) is 4.79 Å². The summed E-state index contributed by atoms with van der Waals surface area (Å²) in [5.41, 5.74) is -0.202. The Morgan fingerprint density at radius 2 is 2.08 bits per heavy atom. The summed E-state index contributed by atoms with van der Waals surface area (Å²) >= 11 is 0. The predicted octanol–water partition coefficient (Wildman–Crippen LogP) is 2.95. The van der Waals surface area contributed by atoms with E-state index in [-0.39, 0.29) is 18.6 Å². The molecule has 2 amide bonds. The first-order valence-electron chi connectivity index (χ1n) is 8.44. The number of urea groups is 1. The summed E-state index contributed by atoms with van der Waals surface area (Å²) in [6, 6.07) is 10.8. The van der Waals surface area contributed by atoms with Crippen molar-refractivity contribution in [3.8, 4) is 5.75 Å². The lowest BCUT2D eigenvalue weighted by molar-refractivity contribution is 0.0366. The van der Waals surface area contributed by atoms with E-state index in [4.69, 9.17) is 9.15 Å². The molecule has 1 heterocycles. The lowest BCUT2D eigenvalue weighted by Crippen LogP contribution is -2.44. The molecule has 6 nitrogen and oxygen atoms in total. The molecule has 1 aromatic heterocycles. The highest BCUT2D eigenvalue weighted by Crippen LogP contribution is 2.41. The van der Waals surface area contributed by atoms with Gasteiger partial charge in [-0.2, -0.15) is 0 Å². The summed E-state index contributed by atoms with van der Waals surface area (Å²) in [7, 11) is 1.63. The Morgan fingerprint density at radius 1 is 1.36 bits per heavy atom. The quantitative estimate of drug-likeness (QED) is 0.721. The highest BCUT2D eigenvalue weighted by molar-refractivity contribution is 5.74. The maximum Gasteiger partial charge on any atom is 0.315 e. The summed E-state index contributed by atoms with van der Waals surface area (Å²) in [5, 5.41) is 16.2. The Hall–Kier alpha value is -2.47. The molecule has 6 heteroatoms. The van der Waals surface area contributed by atoms with Crippen LogP contribution in [0.15, 0.2) is 47.1 Å². The third kappa shape index (κ3) is 4.33. The van der Waals surface area contributed by atoms with Gasteiger partial charge in [0.05, 0.1) is 26.0 Å². The van der Waals surface area contributed by atoms with Gasteiger partial charge < -0.3 is 24.9 Å². The van der Waals surface area contributed by atoms with Crippen LogP contribution in [0.3, 0.4) is 0 Å². The first-order chi connectivity index (χ1) is 12.0. The minimum atomic E-state index is -1.25. The standard InChI is InChI=1S/C19H24N2O4/c1-19(23,16-4-3-11-25-16)12-20-18(22)21-17(13-5-6-13)14-7-9-15(24-2)10-8-14/h3-4,7-11,13,17,23H,5-6,12H2,1-2H3,(H2,20,21,22). The molecule has 25 heavy (non-hydrogen) atoms. The number of aliphatic hydroxyl groups is 1. The molecular formula is C19H24N2O4. The molecule has 3 rings (SSSR count). The maximum atomic E-state index is 12.3. The maximum absolute atomic E-state index is 12.3. The second-order valence-electron chi connectivity index (χ2n) is 6.67. The molecule has 1 saturated carbocycles. The Bertz CT molecular complexity index is 691. The minimum absolute atomic E-state index is 0.0422. The molecule has 0 aliphatic heterocycles. The van der Waals surface area contributed by atoms with Gasteiger partial charge in [-0.05, 0) is 55.5 Å². The predicted molar refractivity (Wildman–Crippen MR) is 93.3 cm³/mol. The fourth-order valence-corrected chi connectivity index (χ4v) is 2.83. The number of methoxy groups -OCH3 is 1. The molecule has 134 valence electrons. The number of rotatable bonds is 7. The monoisotopic (exact) mass is 344 g/mol. The third-order valence-corrected chi connectivity index (χ3v) is 4.50. The zero-order valence-corrected chi connectivity index (χ0v) is 14.5. The first-order valence-corrected chi connectivity index (χ1v) is 8.44. The fraction of sp³-hybridized carbons (Fsp3) is 0.421. The zero-order valence-electron chi connectivity index (χ0n) is 14.5. The van der Waals surface area contributed by atoms with Crippen LogP contribution < -0.4 is 15.4 Å². The lowest BCUT2D eigenvalue weighted by Gasteiger charge is -2.23. The molecule has 2 unspecified atom stereocenters. The number of amides is 2. The van der Waals surface area contributed by atoms with Crippen molar-refractivity contribution in [1.29, 1.82) is 0 Å². The summed E-state index contributed by atoms with van der Waals surface area (Å²) in [5.74, 6) is 1.66. The van der Waals surface area contributed by atoms with Crippen LogP contribution in [0.25, 0.3) is 0 Å². The zero-order chi connectivity index (χ0) is 17.9. The van der Waals surface area contributed by atoms with Crippen molar-refractivity contribution in [3.05, 3.63) is 54.0 Å². The first kappa shape index (κ1) is 17.4. The third-order valence-electron chi connectivity index (χ3n) is 4.50. The van der Waals surface area contributed by atoms with Crippen molar-refractivity contribution in [2.75, 3.05) is 13.7 Å². The number of ether oxygens (including phenoxy) is 1. The topological polar surface area (TPSA) is 83.7 Å². The van der Waals surface area contributed by atoms with Gasteiger partial charge in [0, 0.05) is 0 Å². The Kier molecular flexibility index (Phi) is 4.99. The molecule has 1 aliphatic carbocycles. The molecule has 2 atom stereocenters. The van der Waals surface area contributed by atoms with Crippen molar-refractivity contribution in [2.45, 2.75) is 31.4 Å². The Balaban J connectivity index is 1.59. The van der Waals surface area contributed by atoms with Gasteiger partial charge in [-0.15, -0.1) is 0 Å². The summed E-state index contributed by atoms with van der Waals surface area (Å²) in [4.78, 5) is 12.3. The number of furan rings is 1. The van der Waals surface area contributed by atoms with E-state index >= 15 is 0 Å². The lowest BCUT2D eigenvalue weighted by atomic mass is 10.0. The van der Waals surface area contributed by atoms with Gasteiger partial charge in [-0.3, -0.25) is 0 Å². The smallest absolute Gasteiger partial charge is 0.315 e. The van der Waals surface area contributed by atoms with Gasteiger partial charge in [0.2, 0.25) is 0 Å². The summed E-state index contributed by atoms with van der Waals surface area (Å²) in [6.45, 7) is 1.67. The van der Waals surface area contributed by atoms with E-state index < -0.39 is 5.60 Å². The number of hydrogen-bond donors (Lipinski definition) is 3. The van der Waals surface area contributed by atoms with Crippen molar-refractivity contribution in [2.24, 2.45) is 5.92 Å². The Morgan fingerprint density at radius 3 is 2.64 bits per heavy atom. The number of benzene rings is 1. The van der Waals surface area contributed by atoms with Crippen LogP contribution in [-0.4, -0.2) is 24.8 Å². The number of carbonyl (C=O) groups excluding carboxylic acids is 1. The SMILES string of the molecule is COc1ccc(C(NC(=O)NCC(C)(O)c2ccco2)C2CC2)cc1. The van der Waals surface area contributed by atoms with E-state index in [2.05, 4.69) is 10.6 Å². The van der Waals surface area contributed by atoms with E-state index in [0.29, 0.717) is 11.7 Å². The Labute approximate surface area is 147 Å². The van der Waals surface area contributed by atoms with Crippen molar-refractivity contribution in [1.82, 2.24) is 10.6 Å². The molecular weight excluding hydrogens is 320 g/mol. The highest BCUT2D eigenvalue weighted by Gasteiger charge is 2.34. The minimum Gasteiger partial charge on any atom is -0.497 e. The van der Waals surface area contributed by atoms with Crippen LogP contribution in [-0.2, 0) is 5.60 Å². The van der Waals surface area contributed by atoms with Crippen LogP contribution in [0.2, 0.25) is 0 Å². The van der Waals surface area contributed by atoms with E-state index in [0.717, 1.165) is 24.2 Å². The number of nitrogens with one attached hydrogen (secondary N) is 2. The molecule has 0 bridgehead atoms.